The summed E-state index contributed by atoms with van der Waals surface area (Å²) < 4.78 is 0. The van der Waals surface area contributed by atoms with E-state index in [9.17, 15) is 9.59 Å². The van der Waals surface area contributed by atoms with Gasteiger partial charge in [0.25, 0.3) is 0 Å². The van der Waals surface area contributed by atoms with Gasteiger partial charge in [-0.25, -0.2) is 0 Å². The third-order valence-electron chi connectivity index (χ3n) is 3.46. The van der Waals surface area contributed by atoms with Crippen LogP contribution in [0.15, 0.2) is 0 Å². The SMILES string of the molecule is CC(C)C[C@@]12NC(=O)[C@H](CCCl)[C@@H]1NC2=O. The zero-order valence-electron chi connectivity index (χ0n) is 9.55. The summed E-state index contributed by atoms with van der Waals surface area (Å²) in [5, 5.41) is 5.71. The number of hydrogen-bond donors (Lipinski definition) is 2. The van der Waals surface area contributed by atoms with Gasteiger partial charge in [-0.3, -0.25) is 9.59 Å². The van der Waals surface area contributed by atoms with Crippen molar-refractivity contribution in [3.05, 3.63) is 0 Å². The lowest BCUT2D eigenvalue weighted by molar-refractivity contribution is -0.139. The molecule has 3 atom stereocenters. The third-order valence-corrected chi connectivity index (χ3v) is 3.68. The fraction of sp³-hybridized carbons (Fsp3) is 0.818. The topological polar surface area (TPSA) is 58.2 Å². The van der Waals surface area contributed by atoms with Crippen LogP contribution in [0.2, 0.25) is 0 Å². The zero-order chi connectivity index (χ0) is 11.9. The fourth-order valence-corrected chi connectivity index (χ4v) is 3.06. The minimum absolute atomic E-state index is 0.0374. The van der Waals surface area contributed by atoms with Gasteiger partial charge in [-0.2, -0.15) is 0 Å². The number of alkyl halides is 1. The van der Waals surface area contributed by atoms with E-state index >= 15 is 0 Å². The molecule has 16 heavy (non-hydrogen) atoms. The summed E-state index contributed by atoms with van der Waals surface area (Å²) in [6.07, 6.45) is 1.33. The van der Waals surface area contributed by atoms with Gasteiger partial charge in [-0.1, -0.05) is 13.8 Å². The molecule has 2 aliphatic rings. The lowest BCUT2D eigenvalue weighted by Crippen LogP contribution is -2.75. The Kier molecular flexibility index (Phi) is 2.86. The molecule has 2 heterocycles. The summed E-state index contributed by atoms with van der Waals surface area (Å²) >= 11 is 5.68. The molecule has 0 aromatic rings. The van der Waals surface area contributed by atoms with Crippen LogP contribution in [0, 0.1) is 11.8 Å². The van der Waals surface area contributed by atoms with Gasteiger partial charge in [0, 0.05) is 5.88 Å². The number of hydrogen-bond acceptors (Lipinski definition) is 2. The molecular formula is C11H17ClN2O2. The molecule has 0 bridgehead atoms. The van der Waals surface area contributed by atoms with Crippen LogP contribution in [0.5, 0.6) is 0 Å². The minimum atomic E-state index is -0.651. The predicted octanol–water partition coefficient (Wildman–Crippen LogP) is 0.645. The largest absolute Gasteiger partial charge is 0.348 e. The van der Waals surface area contributed by atoms with Gasteiger partial charge in [0.2, 0.25) is 11.8 Å². The number of fused-ring (bicyclic) bond motifs is 1. The van der Waals surface area contributed by atoms with Crippen molar-refractivity contribution in [1.82, 2.24) is 10.6 Å². The molecule has 2 aliphatic heterocycles. The van der Waals surface area contributed by atoms with Gasteiger partial charge in [0.1, 0.15) is 5.54 Å². The van der Waals surface area contributed by atoms with E-state index in [1.54, 1.807) is 0 Å². The van der Waals surface area contributed by atoms with Crippen LogP contribution >= 0.6 is 11.6 Å². The van der Waals surface area contributed by atoms with Crippen molar-refractivity contribution in [2.75, 3.05) is 5.88 Å². The molecule has 0 aliphatic carbocycles. The molecule has 2 fully saturated rings. The first-order valence-electron chi connectivity index (χ1n) is 5.70. The van der Waals surface area contributed by atoms with E-state index in [-0.39, 0.29) is 23.8 Å². The Bertz CT molecular complexity index is 332. The molecule has 5 heteroatoms. The first-order valence-corrected chi connectivity index (χ1v) is 6.23. The van der Waals surface area contributed by atoms with E-state index in [4.69, 9.17) is 11.6 Å². The molecule has 0 aromatic carbocycles. The van der Waals surface area contributed by atoms with E-state index in [0.29, 0.717) is 24.6 Å². The molecule has 2 N–H and O–H groups in total. The van der Waals surface area contributed by atoms with E-state index in [1.807, 2.05) is 0 Å². The van der Waals surface area contributed by atoms with Gasteiger partial charge in [0.15, 0.2) is 0 Å². The van der Waals surface area contributed by atoms with Crippen molar-refractivity contribution in [1.29, 1.82) is 0 Å². The predicted molar refractivity (Wildman–Crippen MR) is 61.1 cm³/mol. The fourth-order valence-electron chi connectivity index (χ4n) is 2.83. The first kappa shape index (κ1) is 11.7. The van der Waals surface area contributed by atoms with Crippen LogP contribution in [0.3, 0.4) is 0 Å². The lowest BCUT2D eigenvalue weighted by Gasteiger charge is -2.45. The second-order valence-electron chi connectivity index (χ2n) is 5.09. The Morgan fingerprint density at radius 3 is 2.62 bits per heavy atom. The van der Waals surface area contributed by atoms with Crippen molar-refractivity contribution < 1.29 is 9.59 Å². The molecule has 4 nitrogen and oxygen atoms in total. The highest BCUT2D eigenvalue weighted by Gasteiger charge is 2.64. The van der Waals surface area contributed by atoms with Crippen molar-refractivity contribution in [2.24, 2.45) is 11.8 Å². The second-order valence-corrected chi connectivity index (χ2v) is 5.47. The molecular weight excluding hydrogens is 228 g/mol. The third kappa shape index (κ3) is 1.51. The smallest absolute Gasteiger partial charge is 0.248 e. The molecule has 2 saturated heterocycles. The van der Waals surface area contributed by atoms with Crippen LogP contribution in [-0.2, 0) is 9.59 Å². The standard InChI is InChI=1S/C11H17ClN2O2/c1-6(2)5-11-8(13-10(11)16)7(3-4-12)9(15)14-11/h6-8H,3-5H2,1-2H3,(H,13,16)(H,14,15)/t7-,8+,11-/m1/s1. The van der Waals surface area contributed by atoms with Gasteiger partial charge >= 0.3 is 0 Å². The summed E-state index contributed by atoms with van der Waals surface area (Å²) in [4.78, 5) is 23.5. The number of carbonyl (C=O) groups excluding carboxylic acids is 2. The van der Waals surface area contributed by atoms with Gasteiger partial charge in [-0.05, 0) is 18.8 Å². The number of carbonyl (C=O) groups is 2. The Hall–Kier alpha value is -0.770. The van der Waals surface area contributed by atoms with Crippen LogP contribution < -0.4 is 10.6 Å². The van der Waals surface area contributed by atoms with Gasteiger partial charge in [-0.15, -0.1) is 11.6 Å². The Morgan fingerprint density at radius 2 is 2.12 bits per heavy atom. The average molecular weight is 245 g/mol. The van der Waals surface area contributed by atoms with Crippen LogP contribution in [-0.4, -0.2) is 29.3 Å². The molecule has 0 saturated carbocycles. The summed E-state index contributed by atoms with van der Waals surface area (Å²) in [6, 6.07) is -0.0614. The monoisotopic (exact) mass is 244 g/mol. The van der Waals surface area contributed by atoms with Gasteiger partial charge < -0.3 is 10.6 Å². The second kappa shape index (κ2) is 3.91. The Labute approximate surface area is 100 Å². The Balaban J connectivity index is 2.18. The van der Waals surface area contributed by atoms with Crippen LogP contribution in [0.25, 0.3) is 0 Å². The van der Waals surface area contributed by atoms with Crippen molar-refractivity contribution in [2.45, 2.75) is 38.3 Å². The number of nitrogens with one attached hydrogen (secondary N) is 2. The molecule has 90 valence electrons. The molecule has 0 aromatic heterocycles. The maximum absolute atomic E-state index is 11.8. The maximum atomic E-state index is 11.8. The van der Waals surface area contributed by atoms with E-state index < -0.39 is 5.54 Å². The summed E-state index contributed by atoms with van der Waals surface area (Å²) in [6.45, 7) is 4.11. The summed E-state index contributed by atoms with van der Waals surface area (Å²) in [5.74, 6) is 0.584. The quantitative estimate of drug-likeness (QED) is 0.563. The molecule has 0 spiro atoms. The van der Waals surface area contributed by atoms with E-state index in [0.717, 1.165) is 0 Å². The highest BCUT2D eigenvalue weighted by atomic mass is 35.5. The number of halogens is 1. The molecule has 2 amide bonds. The highest BCUT2D eigenvalue weighted by Crippen LogP contribution is 2.39. The maximum Gasteiger partial charge on any atom is 0.248 e. The zero-order valence-corrected chi connectivity index (χ0v) is 10.3. The highest BCUT2D eigenvalue weighted by molar-refractivity contribution is 6.18. The van der Waals surface area contributed by atoms with Gasteiger partial charge in [0.05, 0.1) is 12.0 Å². The lowest BCUT2D eigenvalue weighted by atomic mass is 9.73. The van der Waals surface area contributed by atoms with Crippen molar-refractivity contribution in [3.8, 4) is 0 Å². The Morgan fingerprint density at radius 1 is 1.44 bits per heavy atom. The summed E-state index contributed by atoms with van der Waals surface area (Å²) in [5.41, 5.74) is -0.651. The minimum Gasteiger partial charge on any atom is -0.348 e. The van der Waals surface area contributed by atoms with Crippen molar-refractivity contribution >= 4 is 23.4 Å². The molecule has 2 rings (SSSR count). The first-order chi connectivity index (χ1) is 7.51. The number of rotatable bonds is 4. The molecule has 0 radical (unpaired) electrons. The normalized spacial score (nSPS) is 36.8. The van der Waals surface area contributed by atoms with E-state index in [1.165, 1.54) is 0 Å². The number of amides is 2. The van der Waals surface area contributed by atoms with Crippen molar-refractivity contribution in [3.63, 3.8) is 0 Å². The summed E-state index contributed by atoms with van der Waals surface area (Å²) in [7, 11) is 0. The van der Waals surface area contributed by atoms with E-state index in [2.05, 4.69) is 24.5 Å². The van der Waals surface area contributed by atoms with Crippen LogP contribution in [0.4, 0.5) is 0 Å². The van der Waals surface area contributed by atoms with Crippen LogP contribution in [0.1, 0.15) is 26.7 Å². The molecule has 0 unspecified atom stereocenters. The number of β-lactam (4-membered cyclic amide) rings is 1. The average Bonchev–Trinajstić information content (AvgIpc) is 2.39.